The van der Waals surface area contributed by atoms with E-state index in [0.29, 0.717) is 44.2 Å². The van der Waals surface area contributed by atoms with E-state index in [9.17, 15) is 14.0 Å². The molecular formula is C18H21FN4O4. The van der Waals surface area contributed by atoms with Crippen LogP contribution in [0.25, 0.3) is 0 Å². The van der Waals surface area contributed by atoms with Gasteiger partial charge in [0.05, 0.1) is 25.4 Å². The average molecular weight is 376 g/mol. The lowest BCUT2D eigenvalue weighted by Crippen LogP contribution is -2.40. The summed E-state index contributed by atoms with van der Waals surface area (Å²) in [5.41, 5.74) is 1.10. The Hall–Kier alpha value is -2.94. The molecule has 0 bridgehead atoms. The van der Waals surface area contributed by atoms with Gasteiger partial charge in [0, 0.05) is 20.2 Å². The highest BCUT2D eigenvalue weighted by Gasteiger charge is 2.24. The third-order valence-electron chi connectivity index (χ3n) is 4.15. The maximum Gasteiger partial charge on any atom is 0.271 e. The molecule has 27 heavy (non-hydrogen) atoms. The first kappa shape index (κ1) is 18.8. The molecule has 0 aliphatic carbocycles. The summed E-state index contributed by atoms with van der Waals surface area (Å²) in [6.07, 6.45) is 0. The van der Waals surface area contributed by atoms with Gasteiger partial charge >= 0.3 is 0 Å². The minimum atomic E-state index is -0.361. The predicted octanol–water partition coefficient (Wildman–Crippen LogP) is 0.820. The van der Waals surface area contributed by atoms with Crippen LogP contribution in [0.4, 0.5) is 4.39 Å². The molecule has 0 fully saturated rings. The fraction of sp³-hybridized carbons (Fsp3) is 0.389. The SMILES string of the molecule is COCCNC(=O)c1cc2n(n1)CCN(C(=O)COc1ccc(F)cc1)C2. The zero-order valence-corrected chi connectivity index (χ0v) is 15.0. The van der Waals surface area contributed by atoms with E-state index in [4.69, 9.17) is 9.47 Å². The van der Waals surface area contributed by atoms with Gasteiger partial charge in [-0.25, -0.2) is 4.39 Å². The number of methoxy groups -OCH3 is 1. The molecule has 144 valence electrons. The minimum Gasteiger partial charge on any atom is -0.484 e. The molecule has 8 nitrogen and oxygen atoms in total. The van der Waals surface area contributed by atoms with Crippen molar-refractivity contribution >= 4 is 11.8 Å². The van der Waals surface area contributed by atoms with E-state index in [-0.39, 0.29) is 24.2 Å². The molecule has 0 unspecified atom stereocenters. The molecule has 0 saturated heterocycles. The highest BCUT2D eigenvalue weighted by Crippen LogP contribution is 2.15. The van der Waals surface area contributed by atoms with Crippen LogP contribution in [0.2, 0.25) is 0 Å². The van der Waals surface area contributed by atoms with E-state index < -0.39 is 0 Å². The van der Waals surface area contributed by atoms with Crippen molar-refractivity contribution in [2.45, 2.75) is 13.1 Å². The van der Waals surface area contributed by atoms with Gasteiger partial charge in [-0.2, -0.15) is 5.10 Å². The molecule has 0 atom stereocenters. The third-order valence-corrected chi connectivity index (χ3v) is 4.15. The molecule has 1 aliphatic heterocycles. The molecule has 1 N–H and O–H groups in total. The summed E-state index contributed by atoms with van der Waals surface area (Å²) in [6.45, 7) is 2.03. The highest BCUT2D eigenvalue weighted by molar-refractivity contribution is 5.92. The summed E-state index contributed by atoms with van der Waals surface area (Å²) in [4.78, 5) is 26.1. The quantitative estimate of drug-likeness (QED) is 0.723. The minimum absolute atomic E-state index is 0.135. The molecule has 2 heterocycles. The summed E-state index contributed by atoms with van der Waals surface area (Å²) in [6, 6.07) is 7.18. The molecule has 2 amide bonds. The standard InChI is InChI=1S/C18H21FN4O4/c1-26-9-6-20-18(25)16-10-14-11-22(7-8-23(14)21-16)17(24)12-27-15-4-2-13(19)3-5-15/h2-5,10H,6-9,11-12H2,1H3,(H,20,25). The molecule has 9 heteroatoms. The Kier molecular flexibility index (Phi) is 6.02. The van der Waals surface area contributed by atoms with Crippen molar-refractivity contribution in [3.05, 3.63) is 47.5 Å². The molecule has 1 aromatic carbocycles. The summed E-state index contributed by atoms with van der Waals surface area (Å²) in [5, 5.41) is 7.00. The number of benzene rings is 1. The zero-order chi connectivity index (χ0) is 19.2. The van der Waals surface area contributed by atoms with Gasteiger partial charge in [-0.3, -0.25) is 14.3 Å². The lowest BCUT2D eigenvalue weighted by Gasteiger charge is -2.27. The number of rotatable bonds is 7. The second kappa shape index (κ2) is 8.63. The highest BCUT2D eigenvalue weighted by atomic mass is 19.1. The maximum absolute atomic E-state index is 12.9. The second-order valence-corrected chi connectivity index (χ2v) is 6.05. The summed E-state index contributed by atoms with van der Waals surface area (Å²) >= 11 is 0. The van der Waals surface area contributed by atoms with Crippen LogP contribution in [-0.4, -0.2) is 59.9 Å². The number of aromatic nitrogens is 2. The molecule has 0 saturated carbocycles. The Morgan fingerprint density at radius 2 is 2.04 bits per heavy atom. The number of nitrogens with one attached hydrogen (secondary N) is 1. The van der Waals surface area contributed by atoms with Crippen molar-refractivity contribution in [3.8, 4) is 5.75 Å². The topological polar surface area (TPSA) is 85.7 Å². The Labute approximate surface area is 155 Å². The van der Waals surface area contributed by atoms with Gasteiger partial charge in [0.25, 0.3) is 11.8 Å². The van der Waals surface area contributed by atoms with Gasteiger partial charge in [0.15, 0.2) is 12.3 Å². The van der Waals surface area contributed by atoms with Crippen molar-refractivity contribution in [2.24, 2.45) is 0 Å². The molecule has 3 rings (SSSR count). The van der Waals surface area contributed by atoms with E-state index >= 15 is 0 Å². The van der Waals surface area contributed by atoms with Crippen molar-refractivity contribution in [2.75, 3.05) is 33.4 Å². The number of nitrogens with zero attached hydrogens (tertiary/aromatic N) is 3. The maximum atomic E-state index is 12.9. The first-order valence-corrected chi connectivity index (χ1v) is 8.57. The molecular weight excluding hydrogens is 355 g/mol. The fourth-order valence-corrected chi connectivity index (χ4v) is 2.71. The van der Waals surface area contributed by atoms with Crippen molar-refractivity contribution in [1.82, 2.24) is 20.0 Å². The van der Waals surface area contributed by atoms with Gasteiger partial charge in [-0.05, 0) is 30.3 Å². The van der Waals surface area contributed by atoms with Crippen LogP contribution >= 0.6 is 0 Å². The number of ether oxygens (including phenoxy) is 2. The van der Waals surface area contributed by atoms with Gasteiger partial charge in [-0.1, -0.05) is 0 Å². The summed E-state index contributed by atoms with van der Waals surface area (Å²) < 4.78 is 24.9. The van der Waals surface area contributed by atoms with Crippen LogP contribution in [0.5, 0.6) is 5.75 Å². The Balaban J connectivity index is 1.54. The predicted molar refractivity (Wildman–Crippen MR) is 93.7 cm³/mol. The van der Waals surface area contributed by atoms with Crippen LogP contribution in [0.3, 0.4) is 0 Å². The monoisotopic (exact) mass is 376 g/mol. The molecule has 2 aromatic rings. The van der Waals surface area contributed by atoms with Gasteiger partial charge in [0.2, 0.25) is 0 Å². The van der Waals surface area contributed by atoms with Crippen LogP contribution in [0.1, 0.15) is 16.2 Å². The van der Waals surface area contributed by atoms with Crippen LogP contribution in [0, 0.1) is 5.82 Å². The van der Waals surface area contributed by atoms with Crippen molar-refractivity contribution in [3.63, 3.8) is 0 Å². The van der Waals surface area contributed by atoms with E-state index in [1.54, 1.807) is 22.8 Å². The molecule has 0 spiro atoms. The number of halogens is 1. The Morgan fingerprint density at radius 1 is 1.26 bits per heavy atom. The van der Waals surface area contributed by atoms with Crippen molar-refractivity contribution < 1.29 is 23.5 Å². The molecule has 1 aliphatic rings. The lowest BCUT2D eigenvalue weighted by atomic mass is 10.2. The van der Waals surface area contributed by atoms with Crippen LogP contribution in [0.15, 0.2) is 30.3 Å². The average Bonchev–Trinajstić information content (AvgIpc) is 3.11. The number of carbonyl (C=O) groups is 2. The molecule has 1 aromatic heterocycles. The number of amides is 2. The lowest BCUT2D eigenvalue weighted by molar-refractivity contribution is -0.134. The van der Waals surface area contributed by atoms with Gasteiger partial charge < -0.3 is 19.7 Å². The Morgan fingerprint density at radius 3 is 2.78 bits per heavy atom. The number of hydrogen-bond acceptors (Lipinski definition) is 5. The van der Waals surface area contributed by atoms with E-state index in [1.165, 1.54) is 24.3 Å². The van der Waals surface area contributed by atoms with E-state index in [2.05, 4.69) is 10.4 Å². The number of hydrogen-bond donors (Lipinski definition) is 1. The normalized spacial score (nSPS) is 13.2. The molecule has 0 radical (unpaired) electrons. The van der Waals surface area contributed by atoms with Gasteiger partial charge in [0.1, 0.15) is 11.6 Å². The summed E-state index contributed by atoms with van der Waals surface area (Å²) in [7, 11) is 1.56. The van der Waals surface area contributed by atoms with E-state index in [0.717, 1.165) is 5.69 Å². The van der Waals surface area contributed by atoms with Gasteiger partial charge in [-0.15, -0.1) is 0 Å². The summed E-state index contributed by atoms with van der Waals surface area (Å²) in [5.74, 6) is -0.383. The number of fused-ring (bicyclic) bond motifs is 1. The fourth-order valence-electron chi connectivity index (χ4n) is 2.71. The second-order valence-electron chi connectivity index (χ2n) is 6.05. The first-order chi connectivity index (χ1) is 13.1. The van der Waals surface area contributed by atoms with Crippen LogP contribution < -0.4 is 10.1 Å². The van der Waals surface area contributed by atoms with E-state index in [1.807, 2.05) is 0 Å². The smallest absolute Gasteiger partial charge is 0.271 e. The van der Waals surface area contributed by atoms with Crippen molar-refractivity contribution in [1.29, 1.82) is 0 Å². The third kappa shape index (κ3) is 4.82. The number of carbonyl (C=O) groups excluding carboxylic acids is 2. The first-order valence-electron chi connectivity index (χ1n) is 8.57. The largest absolute Gasteiger partial charge is 0.484 e. The Bertz CT molecular complexity index is 806. The zero-order valence-electron chi connectivity index (χ0n) is 15.0. The van der Waals surface area contributed by atoms with Crippen LogP contribution in [-0.2, 0) is 22.6 Å².